The summed E-state index contributed by atoms with van der Waals surface area (Å²) in [6.45, 7) is 5.97. The monoisotopic (exact) mass is 477 g/mol. The van der Waals surface area contributed by atoms with Gasteiger partial charge >= 0.3 is 12.1 Å². The van der Waals surface area contributed by atoms with E-state index in [-0.39, 0.29) is 47.3 Å². The normalized spacial score (nSPS) is 11.1. The molecule has 0 aliphatic carbocycles. The van der Waals surface area contributed by atoms with Gasteiger partial charge in [0, 0.05) is 25.6 Å². The fourth-order valence-electron chi connectivity index (χ4n) is 2.88. The number of halogens is 1. The van der Waals surface area contributed by atoms with E-state index in [2.05, 4.69) is 5.32 Å². The molecule has 2 aromatic rings. The van der Waals surface area contributed by atoms with Gasteiger partial charge in [0.15, 0.2) is 5.78 Å². The number of rotatable bonds is 10. The molecular weight excluding hydrogens is 450 g/mol. The lowest BCUT2D eigenvalue weighted by Gasteiger charge is -2.19. The molecule has 0 spiro atoms. The zero-order chi connectivity index (χ0) is 24.6. The van der Waals surface area contributed by atoms with Crippen LogP contribution in [0.25, 0.3) is 0 Å². The number of carbonyl (C=O) groups is 3. The number of benzene rings is 2. The summed E-state index contributed by atoms with van der Waals surface area (Å²) in [5, 5.41) is 12.4. The van der Waals surface area contributed by atoms with Gasteiger partial charge in [-0.3, -0.25) is 4.79 Å². The van der Waals surface area contributed by atoms with E-state index in [1.807, 2.05) is 0 Å². The standard InChI is InChI=1S/C24H28ClNO7/c1-24(2,3)33-23(30)26-14-16-5-7-19(25)17(12-16)20(27)13-15-6-8-21(32-10-9-31-4)18(11-15)22(28)29/h5-8,11-12H,9-10,13-14H2,1-4H3,(H,26,30)(H,28,29). The first-order valence-corrected chi connectivity index (χ1v) is 10.6. The van der Waals surface area contributed by atoms with E-state index in [9.17, 15) is 19.5 Å². The van der Waals surface area contributed by atoms with Crippen molar-refractivity contribution in [3.05, 3.63) is 63.7 Å². The zero-order valence-electron chi connectivity index (χ0n) is 19.1. The number of ether oxygens (including phenoxy) is 3. The highest BCUT2D eigenvalue weighted by Crippen LogP contribution is 2.24. The molecule has 0 aromatic heterocycles. The van der Waals surface area contributed by atoms with Crippen molar-refractivity contribution in [1.82, 2.24) is 5.32 Å². The van der Waals surface area contributed by atoms with Crippen molar-refractivity contribution in [2.75, 3.05) is 20.3 Å². The van der Waals surface area contributed by atoms with E-state index in [0.717, 1.165) is 0 Å². The summed E-state index contributed by atoms with van der Waals surface area (Å²) in [5.41, 5.74) is 0.784. The fraction of sp³-hybridized carbons (Fsp3) is 0.375. The Morgan fingerprint density at radius 1 is 1.00 bits per heavy atom. The highest BCUT2D eigenvalue weighted by molar-refractivity contribution is 6.34. The molecule has 2 rings (SSSR count). The Balaban J connectivity index is 2.13. The van der Waals surface area contributed by atoms with E-state index in [1.54, 1.807) is 45.0 Å². The second-order valence-corrected chi connectivity index (χ2v) is 8.65. The molecule has 178 valence electrons. The van der Waals surface area contributed by atoms with Gasteiger partial charge in [0.2, 0.25) is 0 Å². The first kappa shape index (κ1) is 26.2. The van der Waals surface area contributed by atoms with Gasteiger partial charge in [0.25, 0.3) is 0 Å². The van der Waals surface area contributed by atoms with Crippen molar-refractivity contribution in [2.45, 2.75) is 39.3 Å². The van der Waals surface area contributed by atoms with Gasteiger partial charge in [-0.25, -0.2) is 9.59 Å². The van der Waals surface area contributed by atoms with Gasteiger partial charge in [-0.1, -0.05) is 23.7 Å². The van der Waals surface area contributed by atoms with Crippen LogP contribution in [0.15, 0.2) is 36.4 Å². The molecular formula is C24H28ClNO7. The van der Waals surface area contributed by atoms with Crippen molar-refractivity contribution < 1.29 is 33.7 Å². The Kier molecular flexibility index (Phi) is 9.25. The number of Topliss-reactive ketones (excluding diaryl/α,β-unsaturated/α-hetero) is 1. The van der Waals surface area contributed by atoms with Crippen molar-refractivity contribution in [3.8, 4) is 5.75 Å². The number of carboxylic acid groups (broad SMARTS) is 1. The number of ketones is 1. The van der Waals surface area contributed by atoms with Crippen molar-refractivity contribution in [1.29, 1.82) is 0 Å². The van der Waals surface area contributed by atoms with E-state index in [4.69, 9.17) is 25.8 Å². The van der Waals surface area contributed by atoms with Crippen molar-refractivity contribution in [2.24, 2.45) is 0 Å². The summed E-state index contributed by atoms with van der Waals surface area (Å²) in [5.74, 6) is -1.25. The highest BCUT2D eigenvalue weighted by Gasteiger charge is 2.18. The van der Waals surface area contributed by atoms with Gasteiger partial charge in [-0.2, -0.15) is 0 Å². The first-order valence-electron chi connectivity index (χ1n) is 10.3. The predicted octanol–water partition coefficient (Wildman–Crippen LogP) is 4.51. The summed E-state index contributed by atoms with van der Waals surface area (Å²) in [6, 6.07) is 9.44. The molecule has 1 amide bonds. The number of aromatic carboxylic acids is 1. The van der Waals surface area contributed by atoms with Crippen LogP contribution in [0.3, 0.4) is 0 Å². The number of nitrogens with one attached hydrogen (secondary N) is 1. The Hall–Kier alpha value is -3.10. The summed E-state index contributed by atoms with van der Waals surface area (Å²) in [4.78, 5) is 36.4. The molecule has 2 aromatic carbocycles. The molecule has 0 saturated carbocycles. The molecule has 0 radical (unpaired) electrons. The van der Waals surface area contributed by atoms with Crippen LogP contribution < -0.4 is 10.1 Å². The molecule has 0 fully saturated rings. The second-order valence-electron chi connectivity index (χ2n) is 8.25. The molecule has 0 saturated heterocycles. The average molecular weight is 478 g/mol. The smallest absolute Gasteiger partial charge is 0.407 e. The van der Waals surface area contributed by atoms with Crippen molar-refractivity contribution >= 4 is 29.4 Å². The molecule has 0 aliphatic heterocycles. The number of hydrogen-bond donors (Lipinski definition) is 2. The van der Waals surface area contributed by atoms with Crippen LogP contribution in [0.1, 0.15) is 52.6 Å². The van der Waals surface area contributed by atoms with Crippen LogP contribution in [0.5, 0.6) is 5.75 Å². The molecule has 8 nitrogen and oxygen atoms in total. The Morgan fingerprint density at radius 2 is 1.67 bits per heavy atom. The third-order valence-electron chi connectivity index (χ3n) is 4.35. The van der Waals surface area contributed by atoms with Crippen LogP contribution in [0.2, 0.25) is 5.02 Å². The summed E-state index contributed by atoms with van der Waals surface area (Å²) >= 11 is 6.23. The molecule has 0 aliphatic rings. The van der Waals surface area contributed by atoms with Gasteiger partial charge < -0.3 is 24.6 Å². The van der Waals surface area contributed by atoms with E-state index in [0.29, 0.717) is 17.7 Å². The minimum absolute atomic E-state index is 0.0437. The number of alkyl carbamates (subject to hydrolysis) is 1. The van der Waals surface area contributed by atoms with Gasteiger partial charge in [0.1, 0.15) is 23.5 Å². The van der Waals surface area contributed by atoms with Gasteiger partial charge in [-0.05, 0) is 56.2 Å². The Morgan fingerprint density at radius 3 is 2.30 bits per heavy atom. The summed E-state index contributed by atoms with van der Waals surface area (Å²) in [6.07, 6.45) is -0.624. The minimum atomic E-state index is -1.16. The number of carboxylic acids is 1. The largest absolute Gasteiger partial charge is 0.490 e. The number of amides is 1. The third kappa shape index (κ3) is 8.40. The predicted molar refractivity (Wildman–Crippen MR) is 123 cm³/mol. The fourth-order valence-corrected chi connectivity index (χ4v) is 3.10. The summed E-state index contributed by atoms with van der Waals surface area (Å²) < 4.78 is 15.5. The lowest BCUT2D eigenvalue weighted by molar-refractivity contribution is 0.0522. The lowest BCUT2D eigenvalue weighted by atomic mass is 9.99. The van der Waals surface area contributed by atoms with Crippen LogP contribution in [-0.4, -0.2) is 48.9 Å². The molecule has 0 unspecified atom stereocenters. The first-order chi connectivity index (χ1) is 15.5. The number of methoxy groups -OCH3 is 1. The lowest BCUT2D eigenvalue weighted by Crippen LogP contribution is -2.32. The topological polar surface area (TPSA) is 111 Å². The summed E-state index contributed by atoms with van der Waals surface area (Å²) in [7, 11) is 1.52. The van der Waals surface area contributed by atoms with Gasteiger partial charge in [-0.15, -0.1) is 0 Å². The maximum absolute atomic E-state index is 12.9. The number of carbonyl (C=O) groups excluding carboxylic acids is 2. The maximum Gasteiger partial charge on any atom is 0.407 e. The highest BCUT2D eigenvalue weighted by atomic mass is 35.5. The van der Waals surface area contributed by atoms with Crippen LogP contribution in [0.4, 0.5) is 4.79 Å². The Labute approximate surface area is 197 Å². The molecule has 33 heavy (non-hydrogen) atoms. The number of hydrogen-bond acceptors (Lipinski definition) is 6. The van der Waals surface area contributed by atoms with Crippen molar-refractivity contribution in [3.63, 3.8) is 0 Å². The van der Waals surface area contributed by atoms with E-state index in [1.165, 1.54) is 19.2 Å². The third-order valence-corrected chi connectivity index (χ3v) is 4.68. The molecule has 0 atom stereocenters. The van der Waals surface area contributed by atoms with E-state index >= 15 is 0 Å². The SMILES string of the molecule is COCCOc1ccc(CC(=O)c2cc(CNC(=O)OC(C)(C)C)ccc2Cl)cc1C(=O)O. The maximum atomic E-state index is 12.9. The second kappa shape index (κ2) is 11.7. The van der Waals surface area contributed by atoms with Crippen LogP contribution in [-0.2, 0) is 22.4 Å². The molecule has 0 heterocycles. The molecule has 9 heteroatoms. The average Bonchev–Trinajstić information content (AvgIpc) is 2.72. The van der Waals surface area contributed by atoms with Crippen LogP contribution in [0, 0.1) is 0 Å². The quantitative estimate of drug-likeness (QED) is 0.382. The van der Waals surface area contributed by atoms with E-state index < -0.39 is 17.7 Å². The Bertz CT molecular complexity index is 1010. The van der Waals surface area contributed by atoms with Gasteiger partial charge in [0.05, 0.1) is 11.6 Å². The molecule has 0 bridgehead atoms. The molecule has 2 N–H and O–H groups in total. The minimum Gasteiger partial charge on any atom is -0.490 e. The van der Waals surface area contributed by atoms with Crippen LogP contribution >= 0.6 is 11.6 Å². The zero-order valence-corrected chi connectivity index (χ0v) is 19.8.